The first-order chi connectivity index (χ1) is 22.7. The van der Waals surface area contributed by atoms with E-state index < -0.39 is 41.6 Å². The van der Waals surface area contributed by atoms with E-state index in [2.05, 4.69) is 16.0 Å². The molecule has 0 aliphatic rings. The van der Waals surface area contributed by atoms with Crippen LogP contribution in [0.5, 0.6) is 0 Å². The molecule has 0 radical (unpaired) electrons. The molecule has 2 aromatic rings. The van der Waals surface area contributed by atoms with Crippen molar-refractivity contribution in [2.45, 2.75) is 104 Å². The summed E-state index contributed by atoms with van der Waals surface area (Å²) in [6.07, 6.45) is 2.00. The van der Waals surface area contributed by atoms with E-state index in [0.717, 1.165) is 11.1 Å². The van der Waals surface area contributed by atoms with Gasteiger partial charge in [-0.1, -0.05) is 81.4 Å². The number of amides is 3. The first-order valence-electron chi connectivity index (χ1n) is 16.9. The summed E-state index contributed by atoms with van der Waals surface area (Å²) >= 11 is 0. The highest BCUT2D eigenvalue weighted by Crippen LogP contribution is 2.20. The SMILES string of the molecule is COC(=O)C(CCCCNC(=O)OC(C)(C)C)NC(=O)C(CC(=O)C(Cc1ccccc1)NC(=O)C(C)Cc1ccccc1)CC(C)C. The van der Waals surface area contributed by atoms with Gasteiger partial charge in [0.2, 0.25) is 11.8 Å². The average Bonchev–Trinajstić information content (AvgIpc) is 3.02. The predicted octanol–water partition coefficient (Wildman–Crippen LogP) is 5.57. The van der Waals surface area contributed by atoms with Crippen LogP contribution in [0.15, 0.2) is 60.7 Å². The highest BCUT2D eigenvalue weighted by atomic mass is 16.6. The van der Waals surface area contributed by atoms with Gasteiger partial charge in [0.15, 0.2) is 5.78 Å². The van der Waals surface area contributed by atoms with Crippen molar-refractivity contribution in [2.24, 2.45) is 17.8 Å². The topological polar surface area (TPSA) is 140 Å². The monoisotopic (exact) mass is 665 g/mol. The van der Waals surface area contributed by atoms with Crippen molar-refractivity contribution < 1.29 is 33.4 Å². The number of nitrogens with one attached hydrogen (secondary N) is 3. The number of carbonyl (C=O) groups is 5. The maximum Gasteiger partial charge on any atom is 0.407 e. The first-order valence-corrected chi connectivity index (χ1v) is 16.9. The quantitative estimate of drug-likeness (QED) is 0.132. The summed E-state index contributed by atoms with van der Waals surface area (Å²) in [5, 5.41) is 8.48. The molecule has 4 atom stereocenters. The molecule has 0 aliphatic carbocycles. The van der Waals surface area contributed by atoms with Gasteiger partial charge < -0.3 is 25.4 Å². The molecule has 0 fully saturated rings. The van der Waals surface area contributed by atoms with Gasteiger partial charge in [0.05, 0.1) is 13.2 Å². The van der Waals surface area contributed by atoms with Gasteiger partial charge in [-0.3, -0.25) is 14.4 Å². The minimum absolute atomic E-state index is 0.0946. The molecule has 0 saturated heterocycles. The van der Waals surface area contributed by atoms with Crippen molar-refractivity contribution in [3.8, 4) is 0 Å². The van der Waals surface area contributed by atoms with Gasteiger partial charge >= 0.3 is 12.1 Å². The summed E-state index contributed by atoms with van der Waals surface area (Å²) in [5.74, 6) is -2.46. The van der Waals surface area contributed by atoms with Crippen LogP contribution in [0.3, 0.4) is 0 Å². The van der Waals surface area contributed by atoms with Crippen LogP contribution in [-0.2, 0) is 41.5 Å². The van der Waals surface area contributed by atoms with E-state index in [-0.39, 0.29) is 29.9 Å². The van der Waals surface area contributed by atoms with Crippen molar-refractivity contribution in [2.75, 3.05) is 13.7 Å². The molecule has 48 heavy (non-hydrogen) atoms. The van der Waals surface area contributed by atoms with Crippen LogP contribution in [0.25, 0.3) is 0 Å². The highest BCUT2D eigenvalue weighted by molar-refractivity contribution is 5.94. The normalized spacial score (nSPS) is 13.8. The Kier molecular flexibility index (Phi) is 16.8. The zero-order valence-electron chi connectivity index (χ0n) is 29.7. The lowest BCUT2D eigenvalue weighted by atomic mass is 9.88. The van der Waals surface area contributed by atoms with Crippen LogP contribution < -0.4 is 16.0 Å². The van der Waals surface area contributed by atoms with Crippen molar-refractivity contribution in [3.63, 3.8) is 0 Å². The molecular weight excluding hydrogens is 610 g/mol. The van der Waals surface area contributed by atoms with Crippen LogP contribution in [0, 0.1) is 17.8 Å². The van der Waals surface area contributed by atoms with Crippen LogP contribution in [0.2, 0.25) is 0 Å². The van der Waals surface area contributed by atoms with Crippen LogP contribution in [0.4, 0.5) is 4.79 Å². The molecule has 0 spiro atoms. The summed E-state index contributed by atoms with van der Waals surface area (Å²) in [6.45, 7) is 11.5. The Balaban J connectivity index is 2.11. The molecule has 2 aromatic carbocycles. The summed E-state index contributed by atoms with van der Waals surface area (Å²) in [6, 6.07) is 17.4. The number of unbranched alkanes of at least 4 members (excludes halogenated alkanes) is 1. The number of hydrogen-bond donors (Lipinski definition) is 3. The lowest BCUT2D eigenvalue weighted by Crippen LogP contribution is -2.48. The minimum atomic E-state index is -0.910. The molecule has 0 saturated carbocycles. The van der Waals surface area contributed by atoms with E-state index in [1.54, 1.807) is 20.8 Å². The Bertz CT molecular complexity index is 1310. The highest BCUT2D eigenvalue weighted by Gasteiger charge is 2.32. The third-order valence-electron chi connectivity index (χ3n) is 7.78. The summed E-state index contributed by atoms with van der Waals surface area (Å²) in [7, 11) is 1.26. The number of ether oxygens (including phenoxy) is 2. The molecule has 10 nitrogen and oxygen atoms in total. The number of esters is 1. The number of rotatable bonds is 19. The van der Waals surface area contributed by atoms with Gasteiger partial charge in [0.1, 0.15) is 11.6 Å². The number of alkyl carbamates (subject to hydrolysis) is 1. The molecule has 3 amide bonds. The Morgan fingerprint density at radius 3 is 1.85 bits per heavy atom. The number of ketones is 1. The van der Waals surface area contributed by atoms with E-state index in [4.69, 9.17) is 9.47 Å². The van der Waals surface area contributed by atoms with Crippen LogP contribution in [0.1, 0.15) is 84.8 Å². The molecule has 4 unspecified atom stereocenters. The van der Waals surface area contributed by atoms with Crippen LogP contribution in [-0.4, -0.2) is 61.0 Å². The summed E-state index contributed by atoms with van der Waals surface area (Å²) < 4.78 is 10.2. The van der Waals surface area contributed by atoms with E-state index in [1.165, 1.54) is 7.11 Å². The number of benzene rings is 2. The second-order valence-corrected chi connectivity index (χ2v) is 13.8. The Morgan fingerprint density at radius 1 is 0.750 bits per heavy atom. The number of Topliss-reactive ketones (excluding diaryl/α,β-unsaturated/α-hetero) is 1. The molecule has 0 aromatic heterocycles. The third kappa shape index (κ3) is 15.6. The maximum atomic E-state index is 13.9. The average molecular weight is 666 g/mol. The van der Waals surface area contributed by atoms with Crippen molar-refractivity contribution in [1.82, 2.24) is 16.0 Å². The fourth-order valence-electron chi connectivity index (χ4n) is 5.37. The van der Waals surface area contributed by atoms with Crippen LogP contribution >= 0.6 is 0 Å². The van der Waals surface area contributed by atoms with Crippen molar-refractivity contribution in [3.05, 3.63) is 71.8 Å². The van der Waals surface area contributed by atoms with Gasteiger partial charge in [-0.15, -0.1) is 0 Å². The van der Waals surface area contributed by atoms with Crippen molar-refractivity contribution in [1.29, 1.82) is 0 Å². The Morgan fingerprint density at radius 2 is 1.31 bits per heavy atom. The fraction of sp³-hybridized carbons (Fsp3) is 0.553. The molecule has 264 valence electrons. The maximum absolute atomic E-state index is 13.9. The number of hydrogen-bond acceptors (Lipinski definition) is 7. The van der Waals surface area contributed by atoms with E-state index in [0.29, 0.717) is 45.1 Å². The molecular formula is C38H55N3O7. The predicted molar refractivity (Wildman–Crippen MR) is 186 cm³/mol. The van der Waals surface area contributed by atoms with E-state index >= 15 is 0 Å². The Labute approximate surface area is 286 Å². The van der Waals surface area contributed by atoms with E-state index in [9.17, 15) is 24.0 Å². The first kappa shape index (κ1) is 40.0. The second-order valence-electron chi connectivity index (χ2n) is 13.8. The van der Waals surface area contributed by atoms with Gasteiger partial charge in [-0.2, -0.15) is 0 Å². The minimum Gasteiger partial charge on any atom is -0.467 e. The number of carbonyl (C=O) groups excluding carboxylic acids is 5. The largest absolute Gasteiger partial charge is 0.467 e. The third-order valence-corrected chi connectivity index (χ3v) is 7.78. The number of methoxy groups -OCH3 is 1. The van der Waals surface area contributed by atoms with Gasteiger partial charge in [0, 0.05) is 24.8 Å². The smallest absolute Gasteiger partial charge is 0.407 e. The molecule has 3 N–H and O–H groups in total. The fourth-order valence-corrected chi connectivity index (χ4v) is 5.37. The zero-order valence-corrected chi connectivity index (χ0v) is 29.7. The lowest BCUT2D eigenvalue weighted by molar-refractivity contribution is -0.146. The zero-order chi connectivity index (χ0) is 35.7. The molecule has 0 aliphatic heterocycles. The summed E-state index contributed by atoms with van der Waals surface area (Å²) in [4.78, 5) is 65.4. The Hall–Kier alpha value is -4.21. The molecule has 0 bridgehead atoms. The summed E-state index contributed by atoms with van der Waals surface area (Å²) in [5.41, 5.74) is 1.31. The second kappa shape index (κ2) is 20.2. The molecule has 2 rings (SSSR count). The lowest BCUT2D eigenvalue weighted by Gasteiger charge is -2.25. The van der Waals surface area contributed by atoms with Gasteiger partial charge in [-0.05, 0) is 76.3 Å². The molecule has 0 heterocycles. The standard InChI is InChI=1S/C38H55N3O7/c1-26(2)22-30(35(44)40-31(36(45)47-7)20-14-15-21-39-37(46)48-38(4,5)6)25-33(42)32(24-29-18-12-9-13-19-29)41-34(43)27(3)23-28-16-10-8-11-17-28/h8-13,16-19,26-27,30-32H,14-15,20-25H2,1-7H3,(H,39,46)(H,40,44)(H,41,43). The van der Waals surface area contributed by atoms with Gasteiger partial charge in [-0.25, -0.2) is 9.59 Å². The van der Waals surface area contributed by atoms with Crippen molar-refractivity contribution >= 4 is 29.7 Å². The van der Waals surface area contributed by atoms with E-state index in [1.807, 2.05) is 81.4 Å². The molecule has 10 heteroatoms. The van der Waals surface area contributed by atoms with Gasteiger partial charge in [0.25, 0.3) is 0 Å².